The van der Waals surface area contributed by atoms with Gasteiger partial charge in [0.05, 0.1) is 11.7 Å². The number of aromatic nitrogens is 2. The van der Waals surface area contributed by atoms with Gasteiger partial charge in [0.25, 0.3) is 0 Å². The molecule has 4 heteroatoms. The summed E-state index contributed by atoms with van der Waals surface area (Å²) in [5, 5.41) is 4.50. The zero-order chi connectivity index (χ0) is 9.26. The van der Waals surface area contributed by atoms with Gasteiger partial charge in [-0.25, -0.2) is 0 Å². The number of halogens is 1. The van der Waals surface area contributed by atoms with E-state index in [0.717, 1.165) is 5.69 Å². The first-order valence-corrected chi connectivity index (χ1v) is 5.06. The summed E-state index contributed by atoms with van der Waals surface area (Å²) in [5.74, 6) is 0. The van der Waals surface area contributed by atoms with Gasteiger partial charge in [0.15, 0.2) is 0 Å². The zero-order valence-corrected chi connectivity index (χ0v) is 9.39. The topological polar surface area (TPSA) is 43.8 Å². The largest absolute Gasteiger partial charge is 0.326 e. The highest BCUT2D eigenvalue weighted by Gasteiger charge is 2.18. The van der Waals surface area contributed by atoms with Crippen LogP contribution in [0.4, 0.5) is 0 Å². The minimum atomic E-state index is 0. The quantitative estimate of drug-likeness (QED) is 0.822. The van der Waals surface area contributed by atoms with Crippen LogP contribution in [0.3, 0.4) is 0 Å². The van der Waals surface area contributed by atoms with Crippen molar-refractivity contribution in [1.82, 2.24) is 9.78 Å². The third-order valence-corrected chi connectivity index (χ3v) is 2.94. The van der Waals surface area contributed by atoms with E-state index in [2.05, 4.69) is 16.0 Å². The standard InChI is InChI=1S/C10H17N3.ClH/c1-8-9(6-11)7-13(12-8)10-4-2-3-5-10;/h7,10H,2-6,11H2,1H3;1H. The van der Waals surface area contributed by atoms with E-state index in [-0.39, 0.29) is 12.4 Å². The van der Waals surface area contributed by atoms with Gasteiger partial charge in [0.2, 0.25) is 0 Å². The Morgan fingerprint density at radius 1 is 1.50 bits per heavy atom. The average molecular weight is 216 g/mol. The van der Waals surface area contributed by atoms with Gasteiger partial charge in [-0.1, -0.05) is 12.8 Å². The van der Waals surface area contributed by atoms with E-state index in [1.807, 2.05) is 6.92 Å². The second-order valence-electron chi connectivity index (χ2n) is 3.86. The average Bonchev–Trinajstić information content (AvgIpc) is 2.71. The summed E-state index contributed by atoms with van der Waals surface area (Å²) in [7, 11) is 0. The lowest BCUT2D eigenvalue weighted by molar-refractivity contribution is 0.464. The van der Waals surface area contributed by atoms with Crippen molar-refractivity contribution in [3.8, 4) is 0 Å². The zero-order valence-electron chi connectivity index (χ0n) is 8.57. The minimum absolute atomic E-state index is 0. The lowest BCUT2D eigenvalue weighted by Crippen LogP contribution is -2.05. The molecule has 3 nitrogen and oxygen atoms in total. The van der Waals surface area contributed by atoms with E-state index >= 15 is 0 Å². The van der Waals surface area contributed by atoms with Crippen molar-refractivity contribution in [3.63, 3.8) is 0 Å². The predicted octanol–water partition coefficient (Wildman–Crippen LogP) is 2.19. The molecule has 1 aromatic heterocycles. The number of hydrogen-bond acceptors (Lipinski definition) is 2. The van der Waals surface area contributed by atoms with Crippen LogP contribution < -0.4 is 5.73 Å². The lowest BCUT2D eigenvalue weighted by Gasteiger charge is -2.08. The molecule has 1 aliphatic carbocycles. The Balaban J connectivity index is 0.000000980. The molecule has 0 aromatic carbocycles. The first kappa shape index (κ1) is 11.5. The molecule has 2 N–H and O–H groups in total. The highest BCUT2D eigenvalue weighted by molar-refractivity contribution is 5.85. The maximum Gasteiger partial charge on any atom is 0.0638 e. The Morgan fingerprint density at radius 3 is 2.64 bits per heavy atom. The first-order valence-electron chi connectivity index (χ1n) is 5.06. The molecule has 1 fully saturated rings. The molecule has 0 spiro atoms. The van der Waals surface area contributed by atoms with Gasteiger partial charge in [-0.3, -0.25) is 4.68 Å². The Kier molecular flexibility index (Phi) is 3.96. The van der Waals surface area contributed by atoms with Crippen LogP contribution in [-0.2, 0) is 6.54 Å². The highest BCUT2D eigenvalue weighted by Crippen LogP contribution is 2.29. The van der Waals surface area contributed by atoms with Crippen LogP contribution in [0, 0.1) is 6.92 Å². The fourth-order valence-corrected chi connectivity index (χ4v) is 2.08. The van der Waals surface area contributed by atoms with Crippen LogP contribution in [0.5, 0.6) is 0 Å². The summed E-state index contributed by atoms with van der Waals surface area (Å²) < 4.78 is 2.12. The van der Waals surface area contributed by atoms with Crippen LogP contribution in [0.1, 0.15) is 43.0 Å². The summed E-state index contributed by atoms with van der Waals surface area (Å²) in [6.07, 6.45) is 7.38. The molecular weight excluding hydrogens is 198 g/mol. The maximum absolute atomic E-state index is 5.61. The number of aryl methyl sites for hydroxylation is 1. The molecule has 0 unspecified atom stereocenters. The van der Waals surface area contributed by atoms with Gasteiger partial charge in [-0.05, 0) is 19.8 Å². The minimum Gasteiger partial charge on any atom is -0.326 e. The molecule has 1 saturated carbocycles. The number of hydrogen-bond donors (Lipinski definition) is 1. The van der Waals surface area contributed by atoms with Crippen molar-refractivity contribution >= 4 is 12.4 Å². The van der Waals surface area contributed by atoms with Crippen molar-refractivity contribution < 1.29 is 0 Å². The first-order chi connectivity index (χ1) is 6.31. The Hall–Kier alpha value is -0.540. The molecule has 0 amide bonds. The van der Waals surface area contributed by atoms with E-state index in [1.54, 1.807) is 0 Å². The summed E-state index contributed by atoms with van der Waals surface area (Å²) in [4.78, 5) is 0. The highest BCUT2D eigenvalue weighted by atomic mass is 35.5. The van der Waals surface area contributed by atoms with E-state index < -0.39 is 0 Å². The van der Waals surface area contributed by atoms with Crippen LogP contribution in [0.2, 0.25) is 0 Å². The second-order valence-corrected chi connectivity index (χ2v) is 3.86. The van der Waals surface area contributed by atoms with Gasteiger partial charge in [-0.2, -0.15) is 5.10 Å². The molecule has 0 atom stereocenters. The van der Waals surface area contributed by atoms with Crippen LogP contribution in [-0.4, -0.2) is 9.78 Å². The SMILES string of the molecule is Cc1nn(C2CCCC2)cc1CN.Cl. The molecular formula is C10H18ClN3. The molecule has 2 rings (SSSR count). The van der Waals surface area contributed by atoms with Crippen molar-refractivity contribution in [2.24, 2.45) is 5.73 Å². The monoisotopic (exact) mass is 215 g/mol. The van der Waals surface area contributed by atoms with E-state index in [9.17, 15) is 0 Å². The fourth-order valence-electron chi connectivity index (χ4n) is 2.08. The van der Waals surface area contributed by atoms with Crippen molar-refractivity contribution in [2.75, 3.05) is 0 Å². The van der Waals surface area contributed by atoms with Gasteiger partial charge in [0.1, 0.15) is 0 Å². The molecule has 0 bridgehead atoms. The molecule has 0 aliphatic heterocycles. The molecule has 14 heavy (non-hydrogen) atoms. The number of rotatable bonds is 2. The predicted molar refractivity (Wildman–Crippen MR) is 59.6 cm³/mol. The third kappa shape index (κ3) is 2.10. The normalized spacial score (nSPS) is 17.0. The summed E-state index contributed by atoms with van der Waals surface area (Å²) in [5.41, 5.74) is 7.89. The second kappa shape index (κ2) is 4.80. The molecule has 0 radical (unpaired) electrons. The maximum atomic E-state index is 5.61. The van der Waals surface area contributed by atoms with Crippen LogP contribution in [0.25, 0.3) is 0 Å². The van der Waals surface area contributed by atoms with Gasteiger partial charge in [-0.15, -0.1) is 12.4 Å². The van der Waals surface area contributed by atoms with Crippen molar-refractivity contribution in [1.29, 1.82) is 0 Å². The molecule has 80 valence electrons. The van der Waals surface area contributed by atoms with Crippen molar-refractivity contribution in [3.05, 3.63) is 17.5 Å². The van der Waals surface area contributed by atoms with Gasteiger partial charge < -0.3 is 5.73 Å². The molecule has 1 aliphatic rings. The van der Waals surface area contributed by atoms with E-state index in [0.29, 0.717) is 12.6 Å². The molecule has 1 aromatic rings. The van der Waals surface area contributed by atoms with Crippen LogP contribution >= 0.6 is 12.4 Å². The van der Waals surface area contributed by atoms with E-state index in [1.165, 1.54) is 31.2 Å². The molecule has 0 saturated heterocycles. The van der Waals surface area contributed by atoms with Crippen LogP contribution in [0.15, 0.2) is 6.20 Å². The van der Waals surface area contributed by atoms with Crippen molar-refractivity contribution in [2.45, 2.75) is 45.2 Å². The number of nitrogens with two attached hydrogens (primary N) is 1. The van der Waals surface area contributed by atoms with Gasteiger partial charge in [0, 0.05) is 18.3 Å². The smallest absolute Gasteiger partial charge is 0.0638 e. The molecule has 1 heterocycles. The van der Waals surface area contributed by atoms with Gasteiger partial charge >= 0.3 is 0 Å². The van der Waals surface area contributed by atoms with E-state index in [4.69, 9.17) is 5.73 Å². The Morgan fingerprint density at radius 2 is 2.14 bits per heavy atom. The lowest BCUT2D eigenvalue weighted by atomic mass is 10.2. The third-order valence-electron chi connectivity index (χ3n) is 2.94. The summed E-state index contributed by atoms with van der Waals surface area (Å²) >= 11 is 0. The summed E-state index contributed by atoms with van der Waals surface area (Å²) in [6, 6.07) is 0.638. The Labute approximate surface area is 91.1 Å². The Bertz CT molecular complexity index is 290. The summed E-state index contributed by atoms with van der Waals surface area (Å²) in [6.45, 7) is 2.65. The fraction of sp³-hybridized carbons (Fsp3) is 0.700. The number of nitrogens with zero attached hydrogens (tertiary/aromatic N) is 2.